The van der Waals surface area contributed by atoms with Gasteiger partial charge in [0, 0.05) is 16.4 Å². The summed E-state index contributed by atoms with van der Waals surface area (Å²) >= 11 is 0. The number of nitrogens with zero attached hydrogens (tertiary/aromatic N) is 3. The van der Waals surface area contributed by atoms with Crippen LogP contribution in [0.5, 0.6) is 0 Å². The Bertz CT molecular complexity index is 935. The van der Waals surface area contributed by atoms with E-state index in [0.717, 1.165) is 0 Å². The Balaban J connectivity index is 2.07. The Kier molecular flexibility index (Phi) is 4.18. The lowest BCUT2D eigenvalue weighted by atomic mass is 10.1. The molecule has 0 saturated heterocycles. The van der Waals surface area contributed by atoms with Gasteiger partial charge in [-0.15, -0.1) is 0 Å². The first-order chi connectivity index (χ1) is 11.4. The Morgan fingerprint density at radius 3 is 2.75 bits per heavy atom. The molecule has 0 radical (unpaired) electrons. The topological polar surface area (TPSA) is 124 Å². The second kappa shape index (κ2) is 6.16. The van der Waals surface area contributed by atoms with E-state index in [1.54, 1.807) is 24.3 Å². The number of sulfonamides is 1. The minimum absolute atomic E-state index is 0.0653. The molecule has 0 aliphatic heterocycles. The number of carbonyl (C=O) groups is 1. The van der Waals surface area contributed by atoms with Crippen LogP contribution in [0.25, 0.3) is 10.9 Å². The van der Waals surface area contributed by atoms with Crippen molar-refractivity contribution in [3.8, 4) is 0 Å². The van der Waals surface area contributed by atoms with Crippen LogP contribution in [-0.2, 0) is 21.4 Å². The Labute approximate surface area is 138 Å². The van der Waals surface area contributed by atoms with E-state index in [1.165, 1.54) is 10.9 Å². The first kappa shape index (κ1) is 16.3. The van der Waals surface area contributed by atoms with Crippen LogP contribution in [-0.4, -0.2) is 35.7 Å². The molecule has 9 heteroatoms. The molecule has 1 aliphatic rings. The van der Waals surface area contributed by atoms with Crippen molar-refractivity contribution in [2.24, 2.45) is 4.40 Å². The maximum absolute atomic E-state index is 12.4. The number of benzene rings is 1. The number of hydrogen-bond donors (Lipinski definition) is 1. The van der Waals surface area contributed by atoms with Gasteiger partial charge in [-0.1, -0.05) is 22.9 Å². The molecule has 3 rings (SSSR count). The van der Waals surface area contributed by atoms with Gasteiger partial charge in [-0.2, -0.15) is 4.40 Å². The molecule has 0 atom stereocenters. The summed E-state index contributed by atoms with van der Waals surface area (Å²) in [7, 11) is -3.79. The van der Waals surface area contributed by atoms with Crippen LogP contribution in [0.1, 0.15) is 24.8 Å². The van der Waals surface area contributed by atoms with Crippen LogP contribution in [0.3, 0.4) is 0 Å². The molecule has 1 heterocycles. The number of aryl methyl sites for hydroxylation is 1. The smallest absolute Gasteiger partial charge is 0.309 e. The number of carboxylic acid groups (broad SMARTS) is 1. The predicted octanol–water partition coefficient (Wildman–Crippen LogP) is -0.404. The van der Waals surface area contributed by atoms with Gasteiger partial charge in [-0.05, 0) is 18.9 Å². The van der Waals surface area contributed by atoms with Gasteiger partial charge < -0.3 is 10.2 Å². The Morgan fingerprint density at radius 2 is 2.08 bits per heavy atom. The van der Waals surface area contributed by atoms with Crippen molar-refractivity contribution in [1.82, 2.24) is 5.10 Å². The van der Waals surface area contributed by atoms with E-state index < -0.39 is 27.1 Å². The summed E-state index contributed by atoms with van der Waals surface area (Å²) in [4.78, 5) is 10.7. The van der Waals surface area contributed by atoms with Gasteiger partial charge in [-0.3, -0.25) is 4.79 Å². The number of aliphatic carboxylic acids is 1. The first-order valence-corrected chi connectivity index (χ1v) is 8.89. The van der Waals surface area contributed by atoms with E-state index in [1.807, 2.05) is 0 Å². The highest BCUT2D eigenvalue weighted by atomic mass is 32.2. The number of aromatic nitrogens is 2. The zero-order valence-electron chi connectivity index (χ0n) is 12.6. The molecule has 8 nitrogen and oxygen atoms in total. The second-order valence-electron chi connectivity index (χ2n) is 5.58. The van der Waals surface area contributed by atoms with E-state index in [2.05, 4.69) is 9.50 Å². The monoisotopic (exact) mass is 349 g/mol. The molecule has 1 aromatic heterocycles. The van der Waals surface area contributed by atoms with Crippen molar-refractivity contribution >= 4 is 32.8 Å². The third-order valence-corrected chi connectivity index (χ3v) is 5.38. The van der Waals surface area contributed by atoms with Crippen molar-refractivity contribution in [2.45, 2.75) is 31.1 Å². The fourth-order valence-corrected chi connectivity index (χ4v) is 3.49. The molecule has 24 heavy (non-hydrogen) atoms. The molecular formula is C15H15N3O5S. The molecule has 126 valence electrons. The van der Waals surface area contributed by atoms with Crippen LogP contribution >= 0.6 is 0 Å². The summed E-state index contributed by atoms with van der Waals surface area (Å²) in [5.74, 6) is -1.85. The summed E-state index contributed by atoms with van der Waals surface area (Å²) in [5, 5.41) is 25.3. The Hall–Kier alpha value is -2.55. The highest BCUT2D eigenvalue weighted by Crippen LogP contribution is 2.29. The van der Waals surface area contributed by atoms with E-state index in [0.29, 0.717) is 23.7 Å². The summed E-state index contributed by atoms with van der Waals surface area (Å²) in [6, 6.07) is 6.75. The highest BCUT2D eigenvalue weighted by Gasteiger charge is 2.35. The van der Waals surface area contributed by atoms with Gasteiger partial charge in [0.25, 0.3) is 10.0 Å². The summed E-state index contributed by atoms with van der Waals surface area (Å²) in [5.41, 5.74) is 0.558. The number of fused-ring (bicyclic) bond motifs is 1. The van der Waals surface area contributed by atoms with E-state index in [9.17, 15) is 18.3 Å². The van der Waals surface area contributed by atoms with Crippen LogP contribution in [0, 0.1) is 0 Å². The number of rotatable bonds is 6. The van der Waals surface area contributed by atoms with E-state index >= 15 is 0 Å². The standard InChI is InChI=1S/C15H15N3O5S/c19-14(20)7-8-18-9-12(11-3-1-2-4-13(11)16-18)15(21)17-24(22,23)10-5-6-10/h1-4,9-10H,5-8H2,(H-,17,19,20,21). The van der Waals surface area contributed by atoms with Crippen LogP contribution < -0.4 is 9.79 Å². The lowest BCUT2D eigenvalue weighted by molar-refractivity contribution is -0.750. The molecule has 0 spiro atoms. The second-order valence-corrected chi connectivity index (χ2v) is 7.46. The molecule has 0 unspecified atom stereocenters. The molecule has 1 aromatic carbocycles. The van der Waals surface area contributed by atoms with Crippen LogP contribution in [0.2, 0.25) is 0 Å². The normalized spacial score (nSPS) is 15.6. The maximum atomic E-state index is 12.4. The molecule has 1 aliphatic carbocycles. The van der Waals surface area contributed by atoms with E-state index in [4.69, 9.17) is 5.11 Å². The molecular weight excluding hydrogens is 334 g/mol. The average Bonchev–Trinajstić information content (AvgIpc) is 3.37. The third-order valence-electron chi connectivity index (χ3n) is 3.65. The SMILES string of the molecule is O=C(O)CC[n+]1cc(C([O-])=NS(=O)(=O)C2CC2)c2ccccc2n1. The van der Waals surface area contributed by atoms with Crippen LogP contribution in [0.15, 0.2) is 34.9 Å². The van der Waals surface area contributed by atoms with Crippen molar-refractivity contribution < 1.29 is 28.1 Å². The highest BCUT2D eigenvalue weighted by molar-refractivity contribution is 7.91. The fraction of sp³-hybridized carbons (Fsp3) is 0.333. The Morgan fingerprint density at radius 1 is 1.38 bits per heavy atom. The lowest BCUT2D eigenvalue weighted by Crippen LogP contribution is -2.40. The minimum atomic E-state index is -3.79. The average molecular weight is 349 g/mol. The van der Waals surface area contributed by atoms with Gasteiger partial charge >= 0.3 is 5.97 Å². The van der Waals surface area contributed by atoms with Gasteiger partial charge in [0.2, 0.25) is 6.20 Å². The maximum Gasteiger partial charge on any atom is 0.309 e. The molecule has 2 aromatic rings. The molecule has 1 fully saturated rings. The largest absolute Gasteiger partial charge is 0.857 e. The van der Waals surface area contributed by atoms with E-state index in [-0.39, 0.29) is 18.5 Å². The quantitative estimate of drug-likeness (QED) is 0.430. The number of hydrogen-bond acceptors (Lipinski definition) is 5. The van der Waals surface area contributed by atoms with Gasteiger partial charge in [-0.25, -0.2) is 8.42 Å². The van der Waals surface area contributed by atoms with Crippen LogP contribution in [0.4, 0.5) is 0 Å². The number of carboxylic acids is 1. The predicted molar refractivity (Wildman–Crippen MR) is 82.7 cm³/mol. The first-order valence-electron chi connectivity index (χ1n) is 7.39. The molecule has 1 saturated carbocycles. The lowest BCUT2D eigenvalue weighted by Gasteiger charge is -2.11. The van der Waals surface area contributed by atoms with Crippen molar-refractivity contribution in [3.05, 3.63) is 36.0 Å². The fourth-order valence-electron chi connectivity index (χ4n) is 2.27. The van der Waals surface area contributed by atoms with Gasteiger partial charge in [0.15, 0.2) is 6.54 Å². The molecule has 1 N–H and O–H groups in total. The van der Waals surface area contributed by atoms with Gasteiger partial charge in [0.05, 0.1) is 10.8 Å². The van der Waals surface area contributed by atoms with Gasteiger partial charge in [0.1, 0.15) is 11.9 Å². The summed E-state index contributed by atoms with van der Waals surface area (Å²) in [6.07, 6.45) is 2.23. The summed E-state index contributed by atoms with van der Waals surface area (Å²) < 4.78 is 28.6. The van der Waals surface area contributed by atoms with Crippen molar-refractivity contribution in [1.29, 1.82) is 0 Å². The summed E-state index contributed by atoms with van der Waals surface area (Å²) in [6.45, 7) is 0.0653. The zero-order chi connectivity index (χ0) is 17.3. The zero-order valence-corrected chi connectivity index (χ0v) is 13.4. The van der Waals surface area contributed by atoms with Crippen molar-refractivity contribution in [2.75, 3.05) is 0 Å². The third kappa shape index (κ3) is 3.51. The molecule has 0 amide bonds. The minimum Gasteiger partial charge on any atom is -0.857 e. The molecule has 0 bridgehead atoms. The van der Waals surface area contributed by atoms with Crippen molar-refractivity contribution in [3.63, 3.8) is 0 Å².